The van der Waals surface area contributed by atoms with E-state index < -0.39 is 27.4 Å². The van der Waals surface area contributed by atoms with Gasteiger partial charge in [-0.3, -0.25) is 4.79 Å². The largest absolute Gasteiger partial charge is 0.481 e. The summed E-state index contributed by atoms with van der Waals surface area (Å²) in [6.45, 7) is 4.81. The molecule has 0 spiro atoms. The van der Waals surface area contributed by atoms with E-state index in [9.17, 15) is 18.0 Å². The highest BCUT2D eigenvalue weighted by atomic mass is 32.2. The number of carbonyl (C=O) groups excluding carboxylic acids is 1. The van der Waals surface area contributed by atoms with Crippen LogP contribution < -0.4 is 15.4 Å². The van der Waals surface area contributed by atoms with Crippen LogP contribution in [0.2, 0.25) is 0 Å². The average Bonchev–Trinajstić information content (AvgIpc) is 2.26. The number of nitrogens with one attached hydrogen (secondary N) is 3. The zero-order valence-corrected chi connectivity index (χ0v) is 12.1. The van der Waals surface area contributed by atoms with Gasteiger partial charge < -0.3 is 15.7 Å². The highest BCUT2D eigenvalue weighted by molar-refractivity contribution is 7.89. The minimum atomic E-state index is -3.37. The summed E-state index contributed by atoms with van der Waals surface area (Å²) in [5.74, 6) is -1.25. The zero-order chi connectivity index (χ0) is 15.1. The van der Waals surface area contributed by atoms with E-state index in [1.165, 1.54) is 13.8 Å². The molecule has 2 amide bonds. The van der Waals surface area contributed by atoms with Crippen molar-refractivity contribution in [1.29, 1.82) is 0 Å². The second-order valence-electron chi connectivity index (χ2n) is 4.62. The van der Waals surface area contributed by atoms with Gasteiger partial charge in [-0.05, 0) is 13.8 Å². The number of carboxylic acid groups (broad SMARTS) is 1. The summed E-state index contributed by atoms with van der Waals surface area (Å²) in [5, 5.41) is 13.6. The number of hydrogen-bond acceptors (Lipinski definition) is 4. The molecule has 0 aromatic heterocycles. The van der Waals surface area contributed by atoms with E-state index in [2.05, 4.69) is 15.4 Å². The van der Waals surface area contributed by atoms with Gasteiger partial charge in [-0.15, -0.1) is 0 Å². The number of rotatable bonds is 8. The lowest BCUT2D eigenvalue weighted by molar-refractivity contribution is -0.146. The quantitative estimate of drug-likeness (QED) is 0.473. The van der Waals surface area contributed by atoms with Gasteiger partial charge in [0, 0.05) is 19.6 Å². The Balaban J connectivity index is 3.99. The number of sulfonamides is 1. The molecule has 19 heavy (non-hydrogen) atoms. The third-order valence-corrected chi connectivity index (χ3v) is 3.76. The summed E-state index contributed by atoms with van der Waals surface area (Å²) >= 11 is 0. The highest BCUT2D eigenvalue weighted by Crippen LogP contribution is 2.12. The van der Waals surface area contributed by atoms with Gasteiger partial charge in [-0.2, -0.15) is 0 Å². The summed E-state index contributed by atoms with van der Waals surface area (Å²) in [5.41, 5.74) is -1.08. The molecule has 0 bridgehead atoms. The monoisotopic (exact) mass is 295 g/mol. The lowest BCUT2D eigenvalue weighted by atomic mass is 9.94. The maximum absolute atomic E-state index is 11.3. The smallest absolute Gasteiger partial charge is 0.314 e. The summed E-state index contributed by atoms with van der Waals surface area (Å²) < 4.78 is 24.8. The van der Waals surface area contributed by atoms with Crippen LogP contribution in [0.15, 0.2) is 0 Å². The van der Waals surface area contributed by atoms with Crippen LogP contribution in [0.1, 0.15) is 20.8 Å². The van der Waals surface area contributed by atoms with E-state index in [0.717, 1.165) is 0 Å². The molecule has 0 saturated carbocycles. The van der Waals surface area contributed by atoms with Crippen LogP contribution in [0.25, 0.3) is 0 Å². The second-order valence-corrected chi connectivity index (χ2v) is 6.54. The topological polar surface area (TPSA) is 125 Å². The molecule has 0 fully saturated rings. The normalized spacial score (nSPS) is 11.9. The van der Waals surface area contributed by atoms with Gasteiger partial charge in [-0.1, -0.05) is 6.92 Å². The van der Waals surface area contributed by atoms with Crippen molar-refractivity contribution in [3.8, 4) is 0 Å². The molecule has 0 aromatic carbocycles. The van der Waals surface area contributed by atoms with Crippen LogP contribution >= 0.6 is 0 Å². The second kappa shape index (κ2) is 7.29. The van der Waals surface area contributed by atoms with Crippen LogP contribution in [0, 0.1) is 5.41 Å². The minimum absolute atomic E-state index is 0.0470. The molecule has 0 saturated heterocycles. The fourth-order valence-corrected chi connectivity index (χ4v) is 1.99. The van der Waals surface area contributed by atoms with Crippen LogP contribution in [0.5, 0.6) is 0 Å². The molecule has 0 aliphatic rings. The number of carboxylic acids is 1. The Bertz CT molecular complexity index is 419. The number of urea groups is 1. The molecule has 0 unspecified atom stereocenters. The van der Waals surface area contributed by atoms with Crippen molar-refractivity contribution in [1.82, 2.24) is 15.4 Å². The fourth-order valence-electron chi connectivity index (χ4n) is 1.03. The Morgan fingerprint density at radius 3 is 2.26 bits per heavy atom. The molecule has 0 rings (SSSR count). The number of carbonyl (C=O) groups is 2. The lowest BCUT2D eigenvalue weighted by Crippen LogP contribution is -2.45. The fraction of sp³-hybridized carbons (Fsp3) is 0.800. The van der Waals surface area contributed by atoms with E-state index in [-0.39, 0.29) is 18.8 Å². The Morgan fingerprint density at radius 2 is 1.79 bits per heavy atom. The van der Waals surface area contributed by atoms with Crippen molar-refractivity contribution < 1.29 is 23.1 Å². The van der Waals surface area contributed by atoms with Gasteiger partial charge in [0.2, 0.25) is 10.0 Å². The average molecular weight is 295 g/mol. The van der Waals surface area contributed by atoms with Crippen molar-refractivity contribution >= 4 is 22.0 Å². The molecule has 0 radical (unpaired) electrons. The van der Waals surface area contributed by atoms with E-state index in [0.29, 0.717) is 6.54 Å². The van der Waals surface area contributed by atoms with Gasteiger partial charge >= 0.3 is 12.0 Å². The van der Waals surface area contributed by atoms with Gasteiger partial charge in [-0.25, -0.2) is 17.9 Å². The molecule has 0 atom stereocenters. The summed E-state index contributed by atoms with van der Waals surface area (Å²) in [4.78, 5) is 22.1. The molecular formula is C10H21N3O5S. The third-order valence-electron chi connectivity index (χ3n) is 2.29. The number of aliphatic carboxylic acids is 1. The SMILES string of the molecule is CCNS(=O)(=O)CCNC(=O)NCC(C)(C)C(=O)O. The van der Waals surface area contributed by atoms with Gasteiger partial charge in [0.15, 0.2) is 0 Å². The third kappa shape index (κ3) is 7.62. The minimum Gasteiger partial charge on any atom is -0.481 e. The van der Waals surface area contributed by atoms with Crippen molar-refractivity contribution in [3.05, 3.63) is 0 Å². The summed E-state index contributed by atoms with van der Waals surface area (Å²) in [6.07, 6.45) is 0. The van der Waals surface area contributed by atoms with Crippen LogP contribution in [0.3, 0.4) is 0 Å². The van der Waals surface area contributed by atoms with Crippen LogP contribution in [-0.2, 0) is 14.8 Å². The van der Waals surface area contributed by atoms with Gasteiger partial charge in [0.1, 0.15) is 0 Å². The van der Waals surface area contributed by atoms with Crippen molar-refractivity contribution in [2.24, 2.45) is 5.41 Å². The molecule has 0 aliphatic heterocycles. The van der Waals surface area contributed by atoms with E-state index in [1.807, 2.05) is 0 Å². The first-order valence-corrected chi connectivity index (χ1v) is 7.48. The Labute approximate surface area is 113 Å². The van der Waals surface area contributed by atoms with E-state index in [1.54, 1.807) is 6.92 Å². The molecule has 0 aromatic rings. The van der Waals surface area contributed by atoms with E-state index >= 15 is 0 Å². The number of hydrogen-bond donors (Lipinski definition) is 4. The molecule has 8 nitrogen and oxygen atoms in total. The Morgan fingerprint density at radius 1 is 1.21 bits per heavy atom. The zero-order valence-electron chi connectivity index (χ0n) is 11.3. The predicted molar refractivity (Wildman–Crippen MR) is 70.3 cm³/mol. The Kier molecular flexibility index (Phi) is 6.77. The lowest BCUT2D eigenvalue weighted by Gasteiger charge is -2.19. The number of amides is 2. The van der Waals surface area contributed by atoms with Gasteiger partial charge in [0.05, 0.1) is 11.2 Å². The first-order chi connectivity index (χ1) is 8.60. The molecule has 0 aliphatic carbocycles. The molecule has 4 N–H and O–H groups in total. The van der Waals surface area contributed by atoms with Crippen molar-refractivity contribution in [2.75, 3.05) is 25.4 Å². The van der Waals surface area contributed by atoms with Crippen LogP contribution in [0.4, 0.5) is 4.79 Å². The van der Waals surface area contributed by atoms with Crippen LogP contribution in [-0.4, -0.2) is 50.9 Å². The maximum Gasteiger partial charge on any atom is 0.314 e. The summed E-state index contributed by atoms with van der Waals surface area (Å²) in [7, 11) is -3.37. The maximum atomic E-state index is 11.3. The summed E-state index contributed by atoms with van der Waals surface area (Å²) in [6, 6.07) is -0.596. The Hall–Kier alpha value is -1.35. The molecular weight excluding hydrogens is 274 g/mol. The molecule has 9 heteroatoms. The van der Waals surface area contributed by atoms with E-state index in [4.69, 9.17) is 5.11 Å². The first kappa shape index (κ1) is 17.6. The molecule has 112 valence electrons. The predicted octanol–water partition coefficient (Wildman–Crippen LogP) is -0.664. The highest BCUT2D eigenvalue weighted by Gasteiger charge is 2.27. The van der Waals surface area contributed by atoms with Crippen molar-refractivity contribution in [2.45, 2.75) is 20.8 Å². The molecule has 0 heterocycles. The first-order valence-electron chi connectivity index (χ1n) is 5.83. The standard InChI is InChI=1S/C10H21N3O5S/c1-4-13-19(17,18)6-5-11-9(16)12-7-10(2,3)8(14)15/h13H,4-7H2,1-3H3,(H,14,15)(H2,11,12,16). The van der Waals surface area contributed by atoms with Gasteiger partial charge in [0.25, 0.3) is 0 Å². The van der Waals surface area contributed by atoms with Crippen molar-refractivity contribution in [3.63, 3.8) is 0 Å².